The van der Waals surface area contributed by atoms with E-state index in [9.17, 15) is 4.79 Å². The maximum absolute atomic E-state index is 12.8. The van der Waals surface area contributed by atoms with E-state index in [-0.39, 0.29) is 11.9 Å². The molecule has 0 saturated carbocycles. The molecule has 2 aromatic heterocycles. The average molecular weight is 393 g/mol. The van der Waals surface area contributed by atoms with E-state index in [1.807, 2.05) is 12.1 Å². The molecule has 8 nitrogen and oxygen atoms in total. The maximum atomic E-state index is 12.8. The number of fused-ring (bicyclic) bond motifs is 1. The van der Waals surface area contributed by atoms with Gasteiger partial charge in [-0.2, -0.15) is 0 Å². The molecule has 150 valence electrons. The number of rotatable bonds is 5. The van der Waals surface area contributed by atoms with Crippen molar-refractivity contribution in [3.05, 3.63) is 54.1 Å². The van der Waals surface area contributed by atoms with Crippen LogP contribution < -0.4 is 14.8 Å². The van der Waals surface area contributed by atoms with Crippen LogP contribution in [0, 0.1) is 0 Å². The van der Waals surface area contributed by atoms with Gasteiger partial charge in [-0.15, -0.1) is 10.2 Å². The van der Waals surface area contributed by atoms with Crippen LogP contribution in [-0.4, -0.2) is 45.9 Å². The summed E-state index contributed by atoms with van der Waals surface area (Å²) in [6.45, 7) is 0.741. The Labute approximate surface area is 168 Å². The molecule has 1 aromatic carbocycles. The Hall–Kier alpha value is -3.42. The third-order valence-electron chi connectivity index (χ3n) is 5.17. The van der Waals surface area contributed by atoms with Crippen molar-refractivity contribution in [1.82, 2.24) is 25.1 Å². The molecule has 0 saturated heterocycles. The van der Waals surface area contributed by atoms with Crippen molar-refractivity contribution < 1.29 is 14.3 Å². The van der Waals surface area contributed by atoms with Crippen LogP contribution in [0.25, 0.3) is 11.4 Å². The Morgan fingerprint density at radius 2 is 1.93 bits per heavy atom. The molecule has 1 N–H and O–H groups in total. The highest BCUT2D eigenvalue weighted by Crippen LogP contribution is 2.26. The summed E-state index contributed by atoms with van der Waals surface area (Å²) < 4.78 is 12.7. The van der Waals surface area contributed by atoms with Crippen molar-refractivity contribution in [2.24, 2.45) is 0 Å². The second-order valence-corrected chi connectivity index (χ2v) is 6.89. The van der Waals surface area contributed by atoms with Crippen LogP contribution in [0.3, 0.4) is 0 Å². The van der Waals surface area contributed by atoms with Crippen LogP contribution in [0.1, 0.15) is 29.0 Å². The Morgan fingerprint density at radius 3 is 2.69 bits per heavy atom. The number of benzene rings is 1. The number of nitrogens with zero attached hydrogens (tertiary/aromatic N) is 4. The van der Waals surface area contributed by atoms with E-state index >= 15 is 0 Å². The fraction of sp³-hybridized carbons (Fsp3) is 0.333. The molecule has 3 heterocycles. The largest absolute Gasteiger partial charge is 0.497 e. The van der Waals surface area contributed by atoms with Gasteiger partial charge in [-0.05, 0) is 37.1 Å². The number of nitrogens with one attached hydrogen (secondary N) is 1. The second kappa shape index (κ2) is 8.30. The molecule has 0 radical (unpaired) electrons. The molecule has 0 bridgehead atoms. The topological polar surface area (TPSA) is 91.2 Å². The summed E-state index contributed by atoms with van der Waals surface area (Å²) in [7, 11) is 3.13. The highest BCUT2D eigenvalue weighted by Gasteiger charge is 2.23. The summed E-state index contributed by atoms with van der Waals surface area (Å²) in [4.78, 5) is 16.9. The molecule has 1 aliphatic rings. The summed E-state index contributed by atoms with van der Waals surface area (Å²) in [5, 5.41) is 11.8. The van der Waals surface area contributed by atoms with Gasteiger partial charge in [-0.3, -0.25) is 9.78 Å². The molecule has 3 aromatic rings. The predicted molar refractivity (Wildman–Crippen MR) is 107 cm³/mol. The number of aryl methyl sites for hydroxylation is 1. The van der Waals surface area contributed by atoms with E-state index in [1.165, 1.54) is 0 Å². The molecular weight excluding hydrogens is 370 g/mol. The number of methoxy groups -OCH3 is 2. The Bertz CT molecular complexity index is 1000. The van der Waals surface area contributed by atoms with Gasteiger partial charge in [0.15, 0.2) is 5.82 Å². The Morgan fingerprint density at radius 1 is 1.10 bits per heavy atom. The summed E-state index contributed by atoms with van der Waals surface area (Å²) >= 11 is 0. The van der Waals surface area contributed by atoms with Crippen LogP contribution in [0.4, 0.5) is 0 Å². The lowest BCUT2D eigenvalue weighted by atomic mass is 10.1. The normalized spacial score (nSPS) is 15.9. The molecule has 1 amide bonds. The summed E-state index contributed by atoms with van der Waals surface area (Å²) in [5.74, 6) is 2.77. The van der Waals surface area contributed by atoms with Crippen molar-refractivity contribution in [1.29, 1.82) is 0 Å². The van der Waals surface area contributed by atoms with Crippen molar-refractivity contribution in [2.45, 2.75) is 31.8 Å². The molecular formula is C21H23N5O3. The standard InChI is InChI=1S/C21H23N5O3/c1-28-16-4-5-17(18(13-16)29-2)21(27)23-15-3-6-19-24-25-20(26(19)12-9-15)14-7-10-22-11-8-14/h4-5,7-8,10-11,13,15H,3,6,9,12H2,1-2H3,(H,23,27). The van der Waals surface area contributed by atoms with Gasteiger partial charge in [-0.1, -0.05) is 0 Å². The van der Waals surface area contributed by atoms with E-state index in [4.69, 9.17) is 9.47 Å². The third kappa shape index (κ3) is 3.91. The second-order valence-electron chi connectivity index (χ2n) is 6.89. The molecule has 8 heteroatoms. The monoisotopic (exact) mass is 393 g/mol. The molecule has 1 unspecified atom stereocenters. The van der Waals surface area contributed by atoms with E-state index < -0.39 is 0 Å². The molecule has 29 heavy (non-hydrogen) atoms. The van der Waals surface area contributed by atoms with Crippen LogP contribution in [-0.2, 0) is 13.0 Å². The minimum absolute atomic E-state index is 0.0429. The van der Waals surface area contributed by atoms with Gasteiger partial charge in [0.1, 0.15) is 17.3 Å². The number of pyridine rings is 1. The number of hydrogen-bond donors (Lipinski definition) is 1. The van der Waals surface area contributed by atoms with Crippen molar-refractivity contribution in [3.8, 4) is 22.9 Å². The summed E-state index contributed by atoms with van der Waals surface area (Å²) in [6, 6.07) is 9.09. The van der Waals surface area contributed by atoms with E-state index in [0.717, 1.165) is 43.0 Å². The summed E-state index contributed by atoms with van der Waals surface area (Å²) in [5.41, 5.74) is 1.48. The number of carbonyl (C=O) groups excluding carboxylic acids is 1. The lowest BCUT2D eigenvalue weighted by Gasteiger charge is -2.17. The van der Waals surface area contributed by atoms with Crippen LogP contribution in [0.15, 0.2) is 42.7 Å². The van der Waals surface area contributed by atoms with Gasteiger partial charge in [0, 0.05) is 43.0 Å². The van der Waals surface area contributed by atoms with E-state index in [2.05, 4.69) is 25.1 Å². The van der Waals surface area contributed by atoms with Gasteiger partial charge in [0.25, 0.3) is 5.91 Å². The number of amides is 1. The zero-order valence-corrected chi connectivity index (χ0v) is 16.5. The van der Waals surface area contributed by atoms with Gasteiger partial charge in [0.2, 0.25) is 0 Å². The molecule has 1 atom stereocenters. The number of hydrogen-bond acceptors (Lipinski definition) is 6. The van der Waals surface area contributed by atoms with Crippen molar-refractivity contribution >= 4 is 5.91 Å². The lowest BCUT2D eigenvalue weighted by Crippen LogP contribution is -2.35. The molecule has 0 fully saturated rings. The highest BCUT2D eigenvalue weighted by atomic mass is 16.5. The molecule has 4 rings (SSSR count). The summed E-state index contributed by atoms with van der Waals surface area (Å²) in [6.07, 6.45) is 5.85. The zero-order valence-electron chi connectivity index (χ0n) is 16.5. The predicted octanol–water partition coefficient (Wildman–Crippen LogP) is 2.49. The van der Waals surface area contributed by atoms with Crippen LogP contribution in [0.5, 0.6) is 11.5 Å². The van der Waals surface area contributed by atoms with Gasteiger partial charge < -0.3 is 19.4 Å². The van der Waals surface area contributed by atoms with E-state index in [1.54, 1.807) is 44.8 Å². The highest BCUT2D eigenvalue weighted by molar-refractivity contribution is 5.97. The first kappa shape index (κ1) is 18.9. The zero-order chi connectivity index (χ0) is 20.2. The van der Waals surface area contributed by atoms with Crippen LogP contribution in [0.2, 0.25) is 0 Å². The maximum Gasteiger partial charge on any atom is 0.255 e. The quantitative estimate of drug-likeness (QED) is 0.716. The molecule has 1 aliphatic heterocycles. The van der Waals surface area contributed by atoms with Crippen LogP contribution >= 0.6 is 0 Å². The van der Waals surface area contributed by atoms with Crippen molar-refractivity contribution in [2.75, 3.05) is 14.2 Å². The fourth-order valence-corrected chi connectivity index (χ4v) is 3.60. The van der Waals surface area contributed by atoms with Gasteiger partial charge in [0.05, 0.1) is 19.8 Å². The average Bonchev–Trinajstić information content (AvgIpc) is 3.08. The molecule has 0 aliphatic carbocycles. The van der Waals surface area contributed by atoms with Gasteiger partial charge in [-0.25, -0.2) is 0 Å². The Kier molecular flexibility index (Phi) is 5.41. The van der Waals surface area contributed by atoms with Gasteiger partial charge >= 0.3 is 0 Å². The number of carbonyl (C=O) groups is 1. The fourth-order valence-electron chi connectivity index (χ4n) is 3.60. The minimum Gasteiger partial charge on any atom is -0.497 e. The first-order valence-electron chi connectivity index (χ1n) is 9.55. The first-order chi connectivity index (χ1) is 14.2. The number of aromatic nitrogens is 4. The SMILES string of the molecule is COc1ccc(C(=O)NC2CCc3nnc(-c4ccncc4)n3CC2)c(OC)c1. The van der Waals surface area contributed by atoms with E-state index in [0.29, 0.717) is 17.1 Å². The molecule has 0 spiro atoms. The number of ether oxygens (including phenoxy) is 2. The minimum atomic E-state index is -0.151. The van der Waals surface area contributed by atoms with Crippen molar-refractivity contribution in [3.63, 3.8) is 0 Å². The first-order valence-corrected chi connectivity index (χ1v) is 9.55. The lowest BCUT2D eigenvalue weighted by molar-refractivity contribution is 0.0930. The smallest absolute Gasteiger partial charge is 0.255 e. The third-order valence-corrected chi connectivity index (χ3v) is 5.17. The Balaban J connectivity index is 1.47.